The Bertz CT molecular complexity index is 111. The zero-order chi connectivity index (χ0) is 8.27. The van der Waals surface area contributed by atoms with Crippen LogP contribution < -0.4 is 0 Å². The van der Waals surface area contributed by atoms with Crippen LogP contribution >= 0.6 is 0 Å². The number of halogens is 1. The van der Waals surface area contributed by atoms with E-state index in [1.54, 1.807) is 0 Å². The zero-order valence-corrected chi connectivity index (χ0v) is 8.80. The van der Waals surface area contributed by atoms with Crippen molar-refractivity contribution in [2.75, 3.05) is 13.1 Å². The lowest BCUT2D eigenvalue weighted by Gasteiger charge is -2.45. The molecular formula is C7H17FN2Si. The van der Waals surface area contributed by atoms with Crippen molar-refractivity contribution in [3.05, 3.63) is 0 Å². The number of rotatable bonds is 4. The number of nitrogens with zero attached hydrogens (tertiary/aromatic N) is 2. The molecule has 11 heavy (non-hydrogen) atoms. The quantitative estimate of drug-likeness (QED) is 0.459. The third kappa shape index (κ3) is 2.01. The van der Waals surface area contributed by atoms with E-state index in [0.717, 1.165) is 25.9 Å². The summed E-state index contributed by atoms with van der Waals surface area (Å²) in [6, 6.07) is 0. The Labute approximate surface area is 70.3 Å². The minimum Gasteiger partial charge on any atom is -0.275 e. The lowest BCUT2D eigenvalue weighted by Crippen LogP contribution is -2.64. The highest BCUT2D eigenvalue weighted by Gasteiger charge is 2.34. The summed E-state index contributed by atoms with van der Waals surface area (Å²) in [5, 5.41) is 0. The van der Waals surface area contributed by atoms with Crippen LogP contribution in [-0.4, -0.2) is 38.5 Å². The molecule has 0 amide bonds. The van der Waals surface area contributed by atoms with Gasteiger partial charge in [-0.05, 0) is 25.9 Å². The van der Waals surface area contributed by atoms with Gasteiger partial charge in [0.05, 0.1) is 0 Å². The van der Waals surface area contributed by atoms with Gasteiger partial charge in [-0.25, -0.2) is 4.39 Å². The predicted molar refractivity (Wildman–Crippen MR) is 47.4 cm³/mol. The zero-order valence-electron chi connectivity index (χ0n) is 7.39. The van der Waals surface area contributed by atoms with Crippen molar-refractivity contribution in [2.45, 2.75) is 33.1 Å². The van der Waals surface area contributed by atoms with Crippen molar-refractivity contribution in [3.8, 4) is 0 Å². The number of alkyl halides is 1. The monoisotopic (exact) mass is 176 g/mol. The Hall–Kier alpha value is 0.0669. The second-order valence-corrected chi connectivity index (χ2v) is 4.98. The fourth-order valence-corrected chi connectivity index (χ4v) is 3.24. The van der Waals surface area contributed by atoms with E-state index in [1.165, 1.54) is 0 Å². The van der Waals surface area contributed by atoms with Gasteiger partial charge in [0.15, 0.2) is 16.3 Å². The molecule has 0 N–H and O–H groups in total. The summed E-state index contributed by atoms with van der Waals surface area (Å²) in [5.41, 5.74) is 0. The molecule has 66 valence electrons. The first-order chi connectivity index (χ1) is 5.29. The molecule has 0 aromatic heterocycles. The van der Waals surface area contributed by atoms with Gasteiger partial charge in [0.2, 0.25) is 0 Å². The van der Waals surface area contributed by atoms with Crippen molar-refractivity contribution >= 4 is 9.84 Å². The van der Waals surface area contributed by atoms with E-state index < -0.39 is 6.42 Å². The van der Waals surface area contributed by atoms with Crippen LogP contribution in [0.5, 0.6) is 0 Å². The fraction of sp³-hybridized carbons (Fsp3) is 1.00. The van der Waals surface area contributed by atoms with Crippen LogP contribution in [0.15, 0.2) is 0 Å². The minimum absolute atomic E-state index is 0.345. The maximum atomic E-state index is 13.1. The van der Waals surface area contributed by atoms with Crippen molar-refractivity contribution in [1.82, 2.24) is 9.13 Å². The van der Waals surface area contributed by atoms with Crippen LogP contribution in [0, 0.1) is 0 Å². The molecule has 1 aliphatic heterocycles. The van der Waals surface area contributed by atoms with Gasteiger partial charge in [-0.2, -0.15) is 0 Å². The van der Waals surface area contributed by atoms with Gasteiger partial charge in [0.1, 0.15) is 0 Å². The van der Waals surface area contributed by atoms with Gasteiger partial charge in [-0.15, -0.1) is 0 Å². The molecule has 0 atom stereocenters. The predicted octanol–water partition coefficient (Wildman–Crippen LogP) is 0.676. The summed E-state index contributed by atoms with van der Waals surface area (Å²) in [6.45, 7) is 6.11. The molecule has 1 fully saturated rings. The first kappa shape index (κ1) is 9.16. The Morgan fingerprint density at radius 3 is 1.91 bits per heavy atom. The van der Waals surface area contributed by atoms with Gasteiger partial charge < -0.3 is 0 Å². The van der Waals surface area contributed by atoms with Crippen LogP contribution in [0.1, 0.15) is 26.7 Å². The summed E-state index contributed by atoms with van der Waals surface area (Å²) < 4.78 is 17.1. The molecule has 0 bridgehead atoms. The maximum Gasteiger partial charge on any atom is 0.199 e. The summed E-state index contributed by atoms with van der Waals surface area (Å²) in [6.07, 6.45) is 1.42. The van der Waals surface area contributed by atoms with Crippen LogP contribution in [0.25, 0.3) is 0 Å². The molecule has 1 saturated heterocycles. The van der Waals surface area contributed by atoms with Gasteiger partial charge in [0, 0.05) is 0 Å². The fourth-order valence-electron chi connectivity index (χ4n) is 1.43. The summed E-state index contributed by atoms with van der Waals surface area (Å²) in [7, 11) is -0.345. The Kier molecular flexibility index (Phi) is 3.48. The van der Waals surface area contributed by atoms with E-state index in [4.69, 9.17) is 0 Å². The van der Waals surface area contributed by atoms with Crippen LogP contribution in [0.3, 0.4) is 0 Å². The Morgan fingerprint density at radius 2 is 1.64 bits per heavy atom. The van der Waals surface area contributed by atoms with E-state index in [2.05, 4.69) is 13.8 Å². The van der Waals surface area contributed by atoms with Crippen molar-refractivity contribution in [1.29, 1.82) is 0 Å². The smallest absolute Gasteiger partial charge is 0.199 e. The molecule has 0 spiro atoms. The highest BCUT2D eigenvalue weighted by molar-refractivity contribution is 6.31. The molecular weight excluding hydrogens is 159 g/mol. The minimum atomic E-state index is -0.735. The van der Waals surface area contributed by atoms with E-state index in [9.17, 15) is 4.39 Å². The van der Waals surface area contributed by atoms with Gasteiger partial charge in [-0.1, -0.05) is 13.8 Å². The molecule has 1 rings (SSSR count). The largest absolute Gasteiger partial charge is 0.275 e. The highest BCUT2D eigenvalue weighted by atomic mass is 28.2. The number of hydrogen-bond acceptors (Lipinski definition) is 2. The molecule has 0 aliphatic carbocycles. The lowest BCUT2D eigenvalue weighted by atomic mass is 10.4. The molecule has 1 aliphatic rings. The molecule has 0 aromatic carbocycles. The molecule has 2 nitrogen and oxygen atoms in total. The number of hydrogen-bond donors (Lipinski definition) is 0. The third-order valence-electron chi connectivity index (χ3n) is 1.99. The molecule has 1 heterocycles. The standard InChI is InChI=1S/C7H17FN2Si/c1-3-5-9-7(8)10(11-9)6-4-2/h7H,3-6,11H2,1-2H3. The second kappa shape index (κ2) is 4.18. The van der Waals surface area contributed by atoms with Crippen LogP contribution in [-0.2, 0) is 0 Å². The Balaban J connectivity index is 2.15. The summed E-state index contributed by atoms with van der Waals surface area (Å²) >= 11 is 0. The van der Waals surface area contributed by atoms with Crippen molar-refractivity contribution in [3.63, 3.8) is 0 Å². The molecule has 4 heteroatoms. The SMILES string of the molecule is CCCN1[SiH2]N(CCC)C1F. The molecule has 0 aromatic rings. The van der Waals surface area contributed by atoms with Crippen LogP contribution in [0.4, 0.5) is 4.39 Å². The van der Waals surface area contributed by atoms with Gasteiger partial charge in [-0.3, -0.25) is 9.13 Å². The lowest BCUT2D eigenvalue weighted by molar-refractivity contribution is -0.0163. The Morgan fingerprint density at radius 1 is 1.18 bits per heavy atom. The van der Waals surface area contributed by atoms with Gasteiger partial charge >= 0.3 is 0 Å². The molecule has 0 unspecified atom stereocenters. The topological polar surface area (TPSA) is 6.48 Å². The second-order valence-electron chi connectivity index (χ2n) is 3.08. The maximum absolute atomic E-state index is 13.1. The third-order valence-corrected chi connectivity index (χ3v) is 3.95. The van der Waals surface area contributed by atoms with E-state index >= 15 is 0 Å². The van der Waals surface area contributed by atoms with E-state index in [0.29, 0.717) is 0 Å². The van der Waals surface area contributed by atoms with Gasteiger partial charge in [0.25, 0.3) is 0 Å². The van der Waals surface area contributed by atoms with Crippen molar-refractivity contribution in [2.24, 2.45) is 0 Å². The van der Waals surface area contributed by atoms with Crippen molar-refractivity contribution < 1.29 is 4.39 Å². The average Bonchev–Trinajstić information content (AvgIpc) is 2.02. The summed E-state index contributed by atoms with van der Waals surface area (Å²) in [4.78, 5) is 0. The summed E-state index contributed by atoms with van der Waals surface area (Å²) in [5.74, 6) is 0. The van der Waals surface area contributed by atoms with E-state index in [-0.39, 0.29) is 9.84 Å². The first-order valence-corrected chi connectivity index (χ1v) is 5.68. The highest BCUT2D eigenvalue weighted by Crippen LogP contribution is 2.17. The van der Waals surface area contributed by atoms with Crippen LogP contribution in [0.2, 0.25) is 0 Å². The average molecular weight is 176 g/mol. The van der Waals surface area contributed by atoms with E-state index in [1.807, 2.05) is 9.13 Å². The first-order valence-electron chi connectivity index (χ1n) is 4.41. The molecule has 0 radical (unpaired) electrons. The normalized spacial score (nSPS) is 29.2. The molecule has 0 saturated carbocycles.